The van der Waals surface area contributed by atoms with Crippen LogP contribution in [0.1, 0.15) is 54.9 Å². The lowest BCUT2D eigenvalue weighted by Gasteiger charge is -2.33. The van der Waals surface area contributed by atoms with Crippen molar-refractivity contribution in [2.45, 2.75) is 60.4 Å². The number of nitrogens with zero attached hydrogens (tertiary/aromatic N) is 1. The van der Waals surface area contributed by atoms with Gasteiger partial charge in [0.1, 0.15) is 0 Å². The predicted octanol–water partition coefficient (Wildman–Crippen LogP) is 3.43. The van der Waals surface area contributed by atoms with Crippen molar-refractivity contribution in [1.29, 1.82) is 0 Å². The van der Waals surface area contributed by atoms with Gasteiger partial charge in [-0.05, 0) is 39.5 Å². The lowest BCUT2D eigenvalue weighted by molar-refractivity contribution is 0.254. The average Bonchev–Trinajstić information content (AvgIpc) is 2.05. The van der Waals surface area contributed by atoms with Gasteiger partial charge < -0.3 is 0 Å². The average molecular weight is 275 g/mol. The minimum atomic E-state index is -3.15. The van der Waals surface area contributed by atoms with Gasteiger partial charge in [-0.3, -0.25) is 0 Å². The summed E-state index contributed by atoms with van der Waals surface area (Å²) in [6.07, 6.45) is 4.18. The highest BCUT2D eigenvalue weighted by atomic mass is 32.2. The van der Waals surface area contributed by atoms with E-state index < -0.39 is 10.0 Å². The molecule has 108 valence electrons. The van der Waals surface area contributed by atoms with Crippen LogP contribution in [0.5, 0.6) is 0 Å². The van der Waals surface area contributed by atoms with Gasteiger partial charge in [-0.1, -0.05) is 32.4 Å². The van der Waals surface area contributed by atoms with Crippen molar-refractivity contribution in [3.63, 3.8) is 0 Å². The quantitative estimate of drug-likeness (QED) is 0.737. The van der Waals surface area contributed by atoms with Gasteiger partial charge in [0.25, 0.3) is 0 Å². The summed E-state index contributed by atoms with van der Waals surface area (Å²) in [5, 5.41) is 0. The number of sulfonamides is 1. The second-order valence-electron chi connectivity index (χ2n) is 6.93. The molecule has 0 amide bonds. The summed E-state index contributed by atoms with van der Waals surface area (Å²) in [6, 6.07) is 0. The van der Waals surface area contributed by atoms with Crippen molar-refractivity contribution in [1.82, 2.24) is 4.31 Å². The Bertz CT molecular complexity index is 394. The molecule has 0 rings (SSSR count). The lowest BCUT2D eigenvalue weighted by atomic mass is 9.87. The Morgan fingerprint density at radius 3 is 1.83 bits per heavy atom. The maximum absolute atomic E-state index is 11.8. The zero-order valence-electron chi connectivity index (χ0n) is 13.2. The number of hydrogen-bond acceptors (Lipinski definition) is 2. The predicted molar refractivity (Wildman–Crippen MR) is 79.1 cm³/mol. The van der Waals surface area contributed by atoms with Gasteiger partial charge in [0.15, 0.2) is 0 Å². The fourth-order valence-electron chi connectivity index (χ4n) is 1.70. The molecular formula is C14H29NO2S. The van der Waals surface area contributed by atoms with Gasteiger partial charge >= 0.3 is 0 Å². The smallest absolute Gasteiger partial charge is 0.211 e. The molecule has 18 heavy (non-hydrogen) atoms. The Kier molecular flexibility index (Phi) is 5.63. The van der Waals surface area contributed by atoms with Crippen LogP contribution in [0, 0.1) is 5.41 Å². The van der Waals surface area contributed by atoms with Crippen LogP contribution in [-0.4, -0.2) is 31.1 Å². The number of allylic oxidation sites excluding steroid dienone is 1. The summed E-state index contributed by atoms with van der Waals surface area (Å²) in [5.74, 6) is 0. The molecule has 0 fully saturated rings. The van der Waals surface area contributed by atoms with Gasteiger partial charge in [-0.2, -0.15) is 4.31 Å². The highest BCUT2D eigenvalue weighted by Crippen LogP contribution is 2.25. The maximum atomic E-state index is 11.8. The van der Waals surface area contributed by atoms with Crippen molar-refractivity contribution in [3.05, 3.63) is 11.6 Å². The van der Waals surface area contributed by atoms with E-state index in [1.54, 1.807) is 4.31 Å². The molecule has 0 N–H and O–H groups in total. The molecule has 0 heterocycles. The largest absolute Gasteiger partial charge is 0.212 e. The van der Waals surface area contributed by atoms with E-state index in [0.29, 0.717) is 6.54 Å². The molecule has 0 radical (unpaired) electrons. The summed E-state index contributed by atoms with van der Waals surface area (Å²) in [5.41, 5.74) is 1.08. The fraction of sp³-hybridized carbons (Fsp3) is 0.857. The zero-order chi connectivity index (χ0) is 14.8. The van der Waals surface area contributed by atoms with E-state index in [1.165, 1.54) is 11.8 Å². The summed E-state index contributed by atoms with van der Waals surface area (Å²) in [7, 11) is -3.15. The number of hydrogen-bond donors (Lipinski definition) is 0. The van der Waals surface area contributed by atoms with E-state index in [2.05, 4.69) is 33.8 Å². The van der Waals surface area contributed by atoms with Gasteiger partial charge in [-0.25, -0.2) is 8.42 Å². The zero-order valence-corrected chi connectivity index (χ0v) is 14.0. The summed E-state index contributed by atoms with van der Waals surface area (Å²) in [4.78, 5) is 0. The van der Waals surface area contributed by atoms with Crippen LogP contribution in [0.25, 0.3) is 0 Å². The van der Waals surface area contributed by atoms with Crippen molar-refractivity contribution >= 4 is 10.0 Å². The molecule has 4 heteroatoms. The Morgan fingerprint density at radius 1 is 1.11 bits per heavy atom. The van der Waals surface area contributed by atoms with Crippen molar-refractivity contribution in [3.8, 4) is 0 Å². The Balaban J connectivity index is 4.79. The SMILES string of the molecule is C/C(=C/CCN(C(C)(C)C)S(C)(=O)=O)C(C)(C)C. The highest BCUT2D eigenvalue weighted by molar-refractivity contribution is 7.88. The normalized spacial score (nSPS) is 15.3. The Labute approximate surface area is 113 Å². The molecule has 0 aromatic rings. The lowest BCUT2D eigenvalue weighted by Crippen LogP contribution is -2.45. The second kappa shape index (κ2) is 5.74. The van der Waals surface area contributed by atoms with E-state index >= 15 is 0 Å². The first kappa shape index (κ1) is 17.6. The van der Waals surface area contributed by atoms with Crippen LogP contribution in [0.15, 0.2) is 11.6 Å². The van der Waals surface area contributed by atoms with Crippen molar-refractivity contribution in [2.75, 3.05) is 12.8 Å². The second-order valence-corrected chi connectivity index (χ2v) is 8.84. The molecule has 0 aromatic heterocycles. The Morgan fingerprint density at radius 2 is 1.56 bits per heavy atom. The van der Waals surface area contributed by atoms with E-state index in [0.717, 1.165) is 6.42 Å². The van der Waals surface area contributed by atoms with Gasteiger partial charge in [0.05, 0.1) is 6.26 Å². The summed E-state index contributed by atoms with van der Waals surface area (Å²) >= 11 is 0. The third kappa shape index (κ3) is 6.01. The third-order valence-corrected chi connectivity index (χ3v) is 4.65. The molecule has 3 nitrogen and oxygen atoms in total. The van der Waals surface area contributed by atoms with E-state index in [-0.39, 0.29) is 11.0 Å². The molecule has 0 unspecified atom stereocenters. The van der Waals surface area contributed by atoms with E-state index in [9.17, 15) is 8.42 Å². The molecule has 0 bridgehead atoms. The van der Waals surface area contributed by atoms with Crippen molar-refractivity contribution in [2.24, 2.45) is 5.41 Å². The molecule has 0 aliphatic rings. The monoisotopic (exact) mass is 275 g/mol. The molecule has 0 saturated heterocycles. The molecule has 0 spiro atoms. The first-order chi connectivity index (χ1) is 7.76. The minimum Gasteiger partial charge on any atom is -0.212 e. The summed E-state index contributed by atoms with van der Waals surface area (Å²) < 4.78 is 25.1. The van der Waals surface area contributed by atoms with Crippen molar-refractivity contribution < 1.29 is 8.42 Å². The van der Waals surface area contributed by atoms with Crippen LogP contribution in [0.3, 0.4) is 0 Å². The molecule has 0 aliphatic heterocycles. The number of rotatable bonds is 4. The van der Waals surface area contributed by atoms with Crippen LogP contribution in [0.4, 0.5) is 0 Å². The summed E-state index contributed by atoms with van der Waals surface area (Å²) in [6.45, 7) is 14.9. The van der Waals surface area contributed by atoms with E-state index in [1.807, 2.05) is 20.8 Å². The van der Waals surface area contributed by atoms with Gasteiger partial charge in [0.2, 0.25) is 10.0 Å². The topological polar surface area (TPSA) is 37.4 Å². The first-order valence-electron chi connectivity index (χ1n) is 6.41. The Hall–Kier alpha value is -0.350. The fourth-order valence-corrected chi connectivity index (χ4v) is 3.14. The maximum Gasteiger partial charge on any atom is 0.211 e. The van der Waals surface area contributed by atoms with E-state index in [4.69, 9.17) is 0 Å². The molecule has 0 aromatic carbocycles. The molecule has 0 saturated carbocycles. The first-order valence-corrected chi connectivity index (χ1v) is 8.26. The molecule has 0 aliphatic carbocycles. The van der Waals surface area contributed by atoms with Crippen LogP contribution < -0.4 is 0 Å². The third-order valence-electron chi connectivity index (χ3n) is 3.11. The van der Waals surface area contributed by atoms with Gasteiger partial charge in [0, 0.05) is 12.1 Å². The van der Waals surface area contributed by atoms with Crippen LogP contribution in [0.2, 0.25) is 0 Å². The highest BCUT2D eigenvalue weighted by Gasteiger charge is 2.28. The molecule has 0 atom stereocenters. The molecular weight excluding hydrogens is 246 g/mol. The minimum absolute atomic E-state index is 0.150. The van der Waals surface area contributed by atoms with Gasteiger partial charge in [-0.15, -0.1) is 0 Å². The standard InChI is InChI=1S/C14H29NO2S/c1-12(13(2,3)4)10-9-11-15(14(5,6)7)18(8,16)17/h10H,9,11H2,1-8H3/b12-10-. The van der Waals surface area contributed by atoms with Crippen LogP contribution >= 0.6 is 0 Å². The van der Waals surface area contributed by atoms with Crippen LogP contribution in [-0.2, 0) is 10.0 Å².